The van der Waals surface area contributed by atoms with Gasteiger partial charge in [-0.15, -0.1) is 0 Å². The van der Waals surface area contributed by atoms with Gasteiger partial charge in [0, 0.05) is 12.1 Å². The summed E-state index contributed by atoms with van der Waals surface area (Å²) < 4.78 is 0. The third-order valence-corrected chi connectivity index (χ3v) is 1.92. The fourth-order valence-electron chi connectivity index (χ4n) is 1.02. The lowest BCUT2D eigenvalue weighted by atomic mass is 10.3. The number of phenols is 6. The highest BCUT2D eigenvalue weighted by Crippen LogP contribution is 2.28. The molecule has 0 amide bonds. The normalized spacial score (nSPS) is 9.33. The molecular weight excluding hydrogens is 240 g/mol. The van der Waals surface area contributed by atoms with E-state index in [1.165, 1.54) is 24.3 Å². The molecule has 0 bridgehead atoms. The van der Waals surface area contributed by atoms with E-state index in [1.54, 1.807) is 0 Å². The predicted octanol–water partition coefficient (Wildman–Crippen LogP) is 1.61. The molecule has 0 aliphatic carbocycles. The van der Waals surface area contributed by atoms with Crippen molar-refractivity contribution in [2.75, 3.05) is 0 Å². The summed E-state index contributed by atoms with van der Waals surface area (Å²) in [6.07, 6.45) is 0. The molecule has 96 valence electrons. The SMILES string of the molecule is Oc1ccc(O)c(O)c1.Oc1ccc(O)c(O)c1. The van der Waals surface area contributed by atoms with Gasteiger partial charge in [-0.3, -0.25) is 0 Å². The van der Waals surface area contributed by atoms with Crippen molar-refractivity contribution in [3.63, 3.8) is 0 Å². The number of rotatable bonds is 0. The summed E-state index contributed by atoms with van der Waals surface area (Å²) in [5.74, 6) is -1.21. The highest BCUT2D eigenvalue weighted by Gasteiger charge is 1.97. The first-order chi connectivity index (χ1) is 8.40. The minimum atomic E-state index is -0.310. The summed E-state index contributed by atoms with van der Waals surface area (Å²) >= 11 is 0. The van der Waals surface area contributed by atoms with E-state index in [-0.39, 0.29) is 34.5 Å². The molecule has 2 rings (SSSR count). The molecule has 0 saturated heterocycles. The van der Waals surface area contributed by atoms with Crippen molar-refractivity contribution in [3.8, 4) is 34.5 Å². The zero-order valence-electron chi connectivity index (χ0n) is 9.15. The van der Waals surface area contributed by atoms with Gasteiger partial charge in [0.1, 0.15) is 11.5 Å². The molecule has 0 radical (unpaired) electrons. The molecule has 0 aliphatic rings. The molecule has 2 aromatic carbocycles. The van der Waals surface area contributed by atoms with Gasteiger partial charge in [0.2, 0.25) is 0 Å². The van der Waals surface area contributed by atoms with Crippen molar-refractivity contribution in [2.45, 2.75) is 0 Å². The molecule has 0 unspecified atom stereocenters. The standard InChI is InChI=1S/2C6H6O3/c2*7-4-1-2-5(8)6(9)3-4/h2*1-3,7-9H. The fraction of sp³-hybridized carbons (Fsp3) is 0. The number of hydrogen-bond donors (Lipinski definition) is 6. The Hall–Kier alpha value is -2.76. The molecule has 18 heavy (non-hydrogen) atoms. The van der Waals surface area contributed by atoms with Gasteiger partial charge in [0.05, 0.1) is 0 Å². The topological polar surface area (TPSA) is 121 Å². The van der Waals surface area contributed by atoms with Crippen LogP contribution in [-0.2, 0) is 0 Å². The smallest absolute Gasteiger partial charge is 0.161 e. The highest BCUT2D eigenvalue weighted by molar-refractivity contribution is 5.43. The monoisotopic (exact) mass is 252 g/mol. The second-order valence-electron chi connectivity index (χ2n) is 3.35. The van der Waals surface area contributed by atoms with Gasteiger partial charge in [-0.2, -0.15) is 0 Å². The molecular formula is C12H12O6. The van der Waals surface area contributed by atoms with Crippen LogP contribution in [0.2, 0.25) is 0 Å². The minimum absolute atomic E-state index is 0.0645. The van der Waals surface area contributed by atoms with Gasteiger partial charge < -0.3 is 30.6 Å². The summed E-state index contributed by atoms with van der Waals surface area (Å²) in [5, 5.41) is 52.1. The molecule has 0 atom stereocenters. The Morgan fingerprint density at radius 2 is 0.778 bits per heavy atom. The minimum Gasteiger partial charge on any atom is -0.508 e. The highest BCUT2D eigenvalue weighted by atomic mass is 16.3. The summed E-state index contributed by atoms with van der Waals surface area (Å²) in [6, 6.07) is 7.13. The Bertz CT molecular complexity index is 489. The third kappa shape index (κ3) is 3.67. The van der Waals surface area contributed by atoms with Crippen molar-refractivity contribution in [1.29, 1.82) is 0 Å². The van der Waals surface area contributed by atoms with Crippen LogP contribution in [0.25, 0.3) is 0 Å². The fourth-order valence-corrected chi connectivity index (χ4v) is 1.02. The van der Waals surface area contributed by atoms with Gasteiger partial charge in [-0.05, 0) is 24.3 Å². The first kappa shape index (κ1) is 13.3. The largest absolute Gasteiger partial charge is 0.508 e. The van der Waals surface area contributed by atoms with Crippen LogP contribution in [-0.4, -0.2) is 30.6 Å². The van der Waals surface area contributed by atoms with Crippen LogP contribution in [0.4, 0.5) is 0 Å². The van der Waals surface area contributed by atoms with Crippen molar-refractivity contribution in [1.82, 2.24) is 0 Å². The second kappa shape index (κ2) is 5.53. The molecule has 0 fully saturated rings. The van der Waals surface area contributed by atoms with E-state index in [9.17, 15) is 0 Å². The quantitative estimate of drug-likeness (QED) is 0.313. The molecule has 6 heteroatoms. The Morgan fingerprint density at radius 3 is 1.00 bits per heavy atom. The Balaban J connectivity index is 0.000000180. The molecule has 0 aromatic heterocycles. The molecule has 2 aromatic rings. The Labute approximate surface area is 102 Å². The van der Waals surface area contributed by atoms with E-state index >= 15 is 0 Å². The number of hydrogen-bond acceptors (Lipinski definition) is 6. The predicted molar refractivity (Wildman–Crippen MR) is 62.9 cm³/mol. The average Bonchev–Trinajstić information content (AvgIpc) is 2.30. The Kier molecular flexibility index (Phi) is 4.09. The molecule has 0 heterocycles. The van der Waals surface area contributed by atoms with Crippen LogP contribution in [0.1, 0.15) is 0 Å². The second-order valence-corrected chi connectivity index (χ2v) is 3.35. The number of phenolic OH excluding ortho intramolecular Hbond substituents is 6. The third-order valence-electron chi connectivity index (χ3n) is 1.92. The van der Waals surface area contributed by atoms with E-state index < -0.39 is 0 Å². The van der Waals surface area contributed by atoms with Crippen molar-refractivity contribution < 1.29 is 30.6 Å². The summed E-state index contributed by atoms with van der Waals surface area (Å²) in [5.41, 5.74) is 0. The van der Waals surface area contributed by atoms with E-state index in [0.29, 0.717) is 0 Å². The maximum Gasteiger partial charge on any atom is 0.161 e. The Morgan fingerprint density at radius 1 is 0.444 bits per heavy atom. The first-order valence-electron chi connectivity index (χ1n) is 4.82. The molecule has 0 aliphatic heterocycles. The van der Waals surface area contributed by atoms with E-state index in [4.69, 9.17) is 30.6 Å². The van der Waals surface area contributed by atoms with Gasteiger partial charge in [-0.1, -0.05) is 0 Å². The van der Waals surface area contributed by atoms with Crippen molar-refractivity contribution in [3.05, 3.63) is 36.4 Å². The van der Waals surface area contributed by atoms with Gasteiger partial charge in [-0.25, -0.2) is 0 Å². The summed E-state index contributed by atoms with van der Waals surface area (Å²) in [4.78, 5) is 0. The van der Waals surface area contributed by atoms with Crippen LogP contribution in [0.5, 0.6) is 34.5 Å². The summed E-state index contributed by atoms with van der Waals surface area (Å²) in [7, 11) is 0. The van der Waals surface area contributed by atoms with E-state index in [1.807, 2.05) is 0 Å². The number of benzene rings is 2. The lowest BCUT2D eigenvalue weighted by molar-refractivity contribution is 0.396. The van der Waals surface area contributed by atoms with Crippen LogP contribution in [0.3, 0.4) is 0 Å². The maximum atomic E-state index is 8.69. The lowest BCUT2D eigenvalue weighted by Crippen LogP contribution is -1.66. The number of aromatic hydroxyl groups is 6. The average molecular weight is 252 g/mol. The van der Waals surface area contributed by atoms with Gasteiger partial charge in [0.25, 0.3) is 0 Å². The van der Waals surface area contributed by atoms with Gasteiger partial charge in [0.15, 0.2) is 23.0 Å². The van der Waals surface area contributed by atoms with Crippen molar-refractivity contribution >= 4 is 0 Å². The zero-order chi connectivity index (χ0) is 13.7. The molecule has 6 nitrogen and oxygen atoms in total. The first-order valence-corrected chi connectivity index (χ1v) is 4.82. The lowest BCUT2D eigenvalue weighted by Gasteiger charge is -1.95. The van der Waals surface area contributed by atoms with Crippen LogP contribution in [0.15, 0.2) is 36.4 Å². The van der Waals surface area contributed by atoms with Gasteiger partial charge >= 0.3 is 0 Å². The van der Waals surface area contributed by atoms with E-state index in [0.717, 1.165) is 12.1 Å². The molecule has 6 N–H and O–H groups in total. The maximum absolute atomic E-state index is 8.69. The van der Waals surface area contributed by atoms with E-state index in [2.05, 4.69) is 0 Å². The molecule has 0 spiro atoms. The van der Waals surface area contributed by atoms with Crippen LogP contribution < -0.4 is 0 Å². The zero-order valence-corrected chi connectivity index (χ0v) is 9.15. The van der Waals surface area contributed by atoms with Crippen LogP contribution >= 0.6 is 0 Å². The van der Waals surface area contributed by atoms with Crippen LogP contribution in [0, 0.1) is 0 Å². The molecule has 0 saturated carbocycles. The van der Waals surface area contributed by atoms with Crippen molar-refractivity contribution in [2.24, 2.45) is 0 Å². The summed E-state index contributed by atoms with van der Waals surface area (Å²) in [6.45, 7) is 0.